The Balaban J connectivity index is 2.12. The first-order valence-electron chi connectivity index (χ1n) is 6.64. The Labute approximate surface area is 99.2 Å². The summed E-state index contributed by atoms with van der Waals surface area (Å²) in [5.41, 5.74) is 5.65. The second-order valence-electron chi connectivity index (χ2n) is 5.27. The van der Waals surface area contributed by atoms with Crippen LogP contribution in [0.15, 0.2) is 0 Å². The van der Waals surface area contributed by atoms with Crippen LogP contribution in [0.5, 0.6) is 0 Å². The third-order valence-electron chi connectivity index (χ3n) is 3.56. The first-order chi connectivity index (χ1) is 7.59. The van der Waals surface area contributed by atoms with E-state index >= 15 is 0 Å². The highest BCUT2D eigenvalue weighted by atomic mass is 16.1. The SMILES string of the molecule is CC(N)CCCC(=O)N[C@@H](C)C1CCCC1. The Hall–Kier alpha value is -0.570. The van der Waals surface area contributed by atoms with E-state index in [0.29, 0.717) is 18.4 Å². The fraction of sp³-hybridized carbons (Fsp3) is 0.923. The van der Waals surface area contributed by atoms with Gasteiger partial charge in [0, 0.05) is 18.5 Å². The highest BCUT2D eigenvalue weighted by Gasteiger charge is 2.22. The number of carbonyl (C=O) groups is 1. The van der Waals surface area contributed by atoms with Crippen molar-refractivity contribution in [3.8, 4) is 0 Å². The quantitative estimate of drug-likeness (QED) is 0.729. The Morgan fingerprint density at radius 3 is 2.56 bits per heavy atom. The lowest BCUT2D eigenvalue weighted by Gasteiger charge is -2.20. The van der Waals surface area contributed by atoms with Crippen LogP contribution < -0.4 is 11.1 Å². The lowest BCUT2D eigenvalue weighted by atomic mass is 9.99. The summed E-state index contributed by atoms with van der Waals surface area (Å²) in [5.74, 6) is 0.900. The normalized spacial score (nSPS) is 20.7. The van der Waals surface area contributed by atoms with E-state index in [0.717, 1.165) is 12.8 Å². The number of carbonyl (C=O) groups excluding carboxylic acids is 1. The third kappa shape index (κ3) is 4.97. The van der Waals surface area contributed by atoms with E-state index in [2.05, 4.69) is 12.2 Å². The van der Waals surface area contributed by atoms with Crippen molar-refractivity contribution in [2.75, 3.05) is 0 Å². The van der Waals surface area contributed by atoms with E-state index in [-0.39, 0.29) is 11.9 Å². The molecule has 3 heteroatoms. The van der Waals surface area contributed by atoms with Gasteiger partial charge in [-0.15, -0.1) is 0 Å². The van der Waals surface area contributed by atoms with Crippen molar-refractivity contribution in [3.63, 3.8) is 0 Å². The van der Waals surface area contributed by atoms with Gasteiger partial charge in [-0.05, 0) is 45.4 Å². The highest BCUT2D eigenvalue weighted by Crippen LogP contribution is 2.27. The molecule has 94 valence electrons. The number of rotatable bonds is 6. The molecule has 0 aromatic carbocycles. The zero-order valence-corrected chi connectivity index (χ0v) is 10.7. The van der Waals surface area contributed by atoms with E-state index in [1.807, 2.05) is 6.92 Å². The number of nitrogens with one attached hydrogen (secondary N) is 1. The van der Waals surface area contributed by atoms with E-state index in [1.54, 1.807) is 0 Å². The summed E-state index contributed by atoms with van der Waals surface area (Å²) in [7, 11) is 0. The molecule has 1 saturated carbocycles. The van der Waals surface area contributed by atoms with E-state index < -0.39 is 0 Å². The first-order valence-corrected chi connectivity index (χ1v) is 6.64. The Bertz CT molecular complexity index is 210. The molecule has 1 amide bonds. The summed E-state index contributed by atoms with van der Waals surface area (Å²) in [6.07, 6.45) is 7.68. The maximum atomic E-state index is 11.6. The van der Waals surface area contributed by atoms with Gasteiger partial charge in [0.05, 0.1) is 0 Å². The molecule has 3 N–H and O–H groups in total. The number of hydrogen-bond donors (Lipinski definition) is 2. The maximum Gasteiger partial charge on any atom is 0.220 e. The average Bonchev–Trinajstić information content (AvgIpc) is 2.69. The lowest BCUT2D eigenvalue weighted by Crippen LogP contribution is -2.37. The van der Waals surface area contributed by atoms with Crippen LogP contribution in [-0.4, -0.2) is 18.0 Å². The molecule has 1 aliphatic rings. The fourth-order valence-electron chi connectivity index (χ4n) is 2.49. The number of amides is 1. The molecule has 1 fully saturated rings. The van der Waals surface area contributed by atoms with Crippen LogP contribution in [0.3, 0.4) is 0 Å². The molecular formula is C13H26N2O. The van der Waals surface area contributed by atoms with Crippen molar-refractivity contribution >= 4 is 5.91 Å². The third-order valence-corrected chi connectivity index (χ3v) is 3.56. The van der Waals surface area contributed by atoms with Crippen molar-refractivity contribution in [2.24, 2.45) is 11.7 Å². The molecule has 0 heterocycles. The summed E-state index contributed by atoms with van der Waals surface area (Å²) < 4.78 is 0. The van der Waals surface area contributed by atoms with Gasteiger partial charge in [0.25, 0.3) is 0 Å². The predicted octanol–water partition coefficient (Wildman–Crippen LogP) is 2.20. The van der Waals surface area contributed by atoms with Crippen LogP contribution in [0, 0.1) is 5.92 Å². The molecule has 1 rings (SSSR count). The summed E-state index contributed by atoms with van der Waals surface area (Å²) in [6.45, 7) is 4.12. The number of hydrogen-bond acceptors (Lipinski definition) is 2. The zero-order chi connectivity index (χ0) is 12.0. The van der Waals surface area contributed by atoms with Gasteiger partial charge in [-0.2, -0.15) is 0 Å². The summed E-state index contributed by atoms with van der Waals surface area (Å²) in [4.78, 5) is 11.6. The standard InChI is InChI=1S/C13H26N2O/c1-10(14)6-5-9-13(16)15-11(2)12-7-3-4-8-12/h10-12H,3-9,14H2,1-2H3,(H,15,16)/t10?,11-/m0/s1. The van der Waals surface area contributed by atoms with Gasteiger partial charge in [0.15, 0.2) is 0 Å². The van der Waals surface area contributed by atoms with Crippen molar-refractivity contribution in [1.82, 2.24) is 5.32 Å². The van der Waals surface area contributed by atoms with E-state index in [4.69, 9.17) is 5.73 Å². The van der Waals surface area contributed by atoms with Gasteiger partial charge in [-0.3, -0.25) is 4.79 Å². The molecule has 0 aliphatic heterocycles. The van der Waals surface area contributed by atoms with Crippen molar-refractivity contribution < 1.29 is 4.79 Å². The molecule has 2 atom stereocenters. The smallest absolute Gasteiger partial charge is 0.220 e. The fourth-order valence-corrected chi connectivity index (χ4v) is 2.49. The second kappa shape index (κ2) is 6.89. The largest absolute Gasteiger partial charge is 0.353 e. The molecule has 0 bridgehead atoms. The maximum absolute atomic E-state index is 11.6. The van der Waals surface area contributed by atoms with Gasteiger partial charge in [0.2, 0.25) is 5.91 Å². The molecule has 0 radical (unpaired) electrons. The predicted molar refractivity (Wildman–Crippen MR) is 67.1 cm³/mol. The van der Waals surface area contributed by atoms with Crippen LogP contribution in [0.2, 0.25) is 0 Å². The molecule has 0 aromatic heterocycles. The van der Waals surface area contributed by atoms with Crippen molar-refractivity contribution in [1.29, 1.82) is 0 Å². The summed E-state index contributed by atoms with van der Waals surface area (Å²) in [6, 6.07) is 0.561. The minimum Gasteiger partial charge on any atom is -0.353 e. The van der Waals surface area contributed by atoms with Crippen LogP contribution in [-0.2, 0) is 4.79 Å². The van der Waals surface area contributed by atoms with Crippen molar-refractivity contribution in [2.45, 2.75) is 70.9 Å². The molecule has 3 nitrogen and oxygen atoms in total. The van der Waals surface area contributed by atoms with Crippen LogP contribution in [0.25, 0.3) is 0 Å². The van der Waals surface area contributed by atoms with Gasteiger partial charge in [-0.1, -0.05) is 12.8 Å². The van der Waals surface area contributed by atoms with Crippen LogP contribution in [0.1, 0.15) is 58.8 Å². The molecule has 1 aliphatic carbocycles. The van der Waals surface area contributed by atoms with Crippen molar-refractivity contribution in [3.05, 3.63) is 0 Å². The molecule has 16 heavy (non-hydrogen) atoms. The van der Waals surface area contributed by atoms with Gasteiger partial charge < -0.3 is 11.1 Å². The van der Waals surface area contributed by atoms with Crippen LogP contribution >= 0.6 is 0 Å². The average molecular weight is 226 g/mol. The van der Waals surface area contributed by atoms with Gasteiger partial charge in [0.1, 0.15) is 0 Å². The molecule has 0 saturated heterocycles. The monoisotopic (exact) mass is 226 g/mol. The molecule has 0 aromatic rings. The highest BCUT2D eigenvalue weighted by molar-refractivity contribution is 5.76. The molecular weight excluding hydrogens is 200 g/mol. The van der Waals surface area contributed by atoms with Crippen LogP contribution in [0.4, 0.5) is 0 Å². The Kier molecular flexibility index (Phi) is 5.81. The first kappa shape index (κ1) is 13.5. The topological polar surface area (TPSA) is 55.1 Å². The van der Waals surface area contributed by atoms with Gasteiger partial charge in [-0.25, -0.2) is 0 Å². The molecule has 0 spiro atoms. The summed E-state index contributed by atoms with van der Waals surface area (Å²) >= 11 is 0. The lowest BCUT2D eigenvalue weighted by molar-refractivity contribution is -0.122. The Morgan fingerprint density at radius 2 is 2.00 bits per heavy atom. The van der Waals surface area contributed by atoms with E-state index in [1.165, 1.54) is 25.7 Å². The minimum atomic E-state index is 0.194. The summed E-state index contributed by atoms with van der Waals surface area (Å²) in [5, 5.41) is 3.12. The van der Waals surface area contributed by atoms with Gasteiger partial charge >= 0.3 is 0 Å². The Morgan fingerprint density at radius 1 is 1.38 bits per heavy atom. The molecule has 1 unspecified atom stereocenters. The minimum absolute atomic E-state index is 0.194. The second-order valence-corrected chi connectivity index (χ2v) is 5.27. The number of nitrogens with two attached hydrogens (primary N) is 1. The zero-order valence-electron chi connectivity index (χ0n) is 10.7. The van der Waals surface area contributed by atoms with E-state index in [9.17, 15) is 4.79 Å².